The number of aliphatic hydroxyl groups excluding tert-OH is 3. The van der Waals surface area contributed by atoms with Crippen molar-refractivity contribution >= 4 is 7.41 Å². The quantitative estimate of drug-likeness (QED) is 0.349. The Morgan fingerprint density at radius 3 is 2.50 bits per heavy atom. The van der Waals surface area contributed by atoms with Gasteiger partial charge >= 0.3 is 0 Å². The molecule has 0 amide bonds. The van der Waals surface area contributed by atoms with Gasteiger partial charge in [-0.25, -0.2) is 0 Å². The number of nitrogens with one attached hydrogen (secondary N) is 1. The Hall–Kier alpha value is -0.135. The fraction of sp³-hybridized carbons (Fsp3) is 1.00. The minimum Gasteiger partial charge on any atom is -0.394 e. The molecule has 69 valence electrons. The highest BCUT2D eigenvalue weighted by molar-refractivity contribution is 6.34. The zero-order valence-corrected chi connectivity index (χ0v) is 6.84. The number of rotatable bonds is 3. The minimum absolute atomic E-state index is 0.285. The van der Waals surface area contributed by atoms with Gasteiger partial charge in [0.05, 0.1) is 12.6 Å². The molecule has 0 bridgehead atoms. The molecule has 0 aromatic rings. The second-order valence-electron chi connectivity index (χ2n) is 2.76. The first kappa shape index (κ1) is 9.95. The normalized spacial score (nSPS) is 41.7. The van der Waals surface area contributed by atoms with Crippen LogP contribution in [0.4, 0.5) is 0 Å². The predicted octanol–water partition coefficient (Wildman–Crippen LogP) is -2.74. The van der Waals surface area contributed by atoms with Gasteiger partial charge in [0, 0.05) is 0 Å². The minimum atomic E-state index is -1.01. The van der Waals surface area contributed by atoms with Crippen LogP contribution in [0.5, 0.6) is 0 Å². The Labute approximate surface area is 71.6 Å². The fourth-order valence-electron chi connectivity index (χ4n) is 1.23. The number of aliphatic hydroxyl groups is 3. The van der Waals surface area contributed by atoms with Gasteiger partial charge in [0.25, 0.3) is 0 Å². The maximum absolute atomic E-state index is 9.33. The van der Waals surface area contributed by atoms with Crippen molar-refractivity contribution in [1.29, 1.82) is 0 Å². The van der Waals surface area contributed by atoms with Crippen LogP contribution in [0.3, 0.4) is 0 Å². The summed E-state index contributed by atoms with van der Waals surface area (Å²) in [7, 11) is 3.21. The largest absolute Gasteiger partial charge is 0.394 e. The van der Waals surface area contributed by atoms with Gasteiger partial charge in [-0.05, 0) is 7.05 Å². The molecule has 0 saturated carbocycles. The summed E-state index contributed by atoms with van der Waals surface area (Å²) in [5.74, 6) is 0. The van der Waals surface area contributed by atoms with E-state index in [0.717, 1.165) is 0 Å². The summed E-state index contributed by atoms with van der Waals surface area (Å²) in [5.41, 5.74) is 0. The molecule has 0 aliphatic carbocycles. The zero-order valence-electron chi connectivity index (χ0n) is 6.84. The molecule has 5 nitrogen and oxygen atoms in total. The molecule has 4 atom stereocenters. The van der Waals surface area contributed by atoms with E-state index in [1.165, 1.54) is 7.41 Å². The summed E-state index contributed by atoms with van der Waals surface area (Å²) < 4.78 is 5.11. The third-order valence-corrected chi connectivity index (χ3v) is 1.91. The van der Waals surface area contributed by atoms with Gasteiger partial charge in [0.1, 0.15) is 18.3 Å². The topological polar surface area (TPSA) is 82.0 Å². The maximum atomic E-state index is 9.33. The van der Waals surface area contributed by atoms with Crippen LogP contribution < -0.4 is 5.23 Å². The van der Waals surface area contributed by atoms with Gasteiger partial charge < -0.3 is 25.3 Å². The van der Waals surface area contributed by atoms with Crippen LogP contribution in [-0.4, -0.2) is 60.7 Å². The van der Waals surface area contributed by atoms with Crippen LogP contribution in [0.1, 0.15) is 0 Å². The van der Waals surface area contributed by atoms with Crippen molar-refractivity contribution in [3.05, 3.63) is 0 Å². The van der Waals surface area contributed by atoms with Gasteiger partial charge in [0.2, 0.25) is 7.41 Å². The zero-order chi connectivity index (χ0) is 9.14. The van der Waals surface area contributed by atoms with Crippen LogP contribution in [0.25, 0.3) is 0 Å². The van der Waals surface area contributed by atoms with Crippen molar-refractivity contribution in [3.8, 4) is 0 Å². The van der Waals surface area contributed by atoms with E-state index in [4.69, 9.17) is 9.84 Å². The number of hydrogen-bond acceptors (Lipinski definition) is 5. The molecule has 1 radical (unpaired) electrons. The summed E-state index contributed by atoms with van der Waals surface area (Å²) in [5, 5.41) is 30.0. The van der Waals surface area contributed by atoms with E-state index in [-0.39, 0.29) is 6.61 Å². The SMILES string of the molecule is CN[B][C@@H]1O[C@H](CO)[C@H](O)C1O. The van der Waals surface area contributed by atoms with Crippen molar-refractivity contribution < 1.29 is 20.1 Å². The van der Waals surface area contributed by atoms with E-state index in [0.29, 0.717) is 0 Å². The lowest BCUT2D eigenvalue weighted by molar-refractivity contribution is -0.00914. The van der Waals surface area contributed by atoms with E-state index >= 15 is 0 Å². The molecule has 1 rings (SSSR count). The number of ether oxygens (including phenoxy) is 1. The molecule has 1 unspecified atom stereocenters. The Bertz CT molecular complexity index is 148. The summed E-state index contributed by atoms with van der Waals surface area (Å²) in [6.45, 7) is -0.285. The molecule has 12 heavy (non-hydrogen) atoms. The highest BCUT2D eigenvalue weighted by Crippen LogP contribution is 2.19. The third-order valence-electron chi connectivity index (χ3n) is 1.91. The van der Waals surface area contributed by atoms with Crippen molar-refractivity contribution in [2.75, 3.05) is 13.7 Å². The summed E-state index contributed by atoms with van der Waals surface area (Å²) in [4.78, 5) is 0. The van der Waals surface area contributed by atoms with Crippen LogP contribution in [0.15, 0.2) is 0 Å². The second-order valence-corrected chi connectivity index (χ2v) is 2.76. The average molecular weight is 174 g/mol. The lowest BCUT2D eigenvalue weighted by Crippen LogP contribution is -2.39. The molecule has 6 heteroatoms. The van der Waals surface area contributed by atoms with Gasteiger partial charge in [-0.2, -0.15) is 0 Å². The molecule has 0 aromatic heterocycles. The van der Waals surface area contributed by atoms with Gasteiger partial charge in [-0.3, -0.25) is 0 Å². The van der Waals surface area contributed by atoms with Crippen LogP contribution in [0, 0.1) is 0 Å². The summed E-state index contributed by atoms with van der Waals surface area (Å²) >= 11 is 0. The van der Waals surface area contributed by atoms with E-state index in [9.17, 15) is 10.2 Å². The molecule has 0 spiro atoms. The van der Waals surface area contributed by atoms with Crippen molar-refractivity contribution in [2.45, 2.75) is 24.3 Å². The van der Waals surface area contributed by atoms with Crippen molar-refractivity contribution in [1.82, 2.24) is 5.23 Å². The average Bonchev–Trinajstić information content (AvgIpc) is 2.33. The first-order valence-corrected chi connectivity index (χ1v) is 3.83. The van der Waals surface area contributed by atoms with Crippen LogP contribution in [0.2, 0.25) is 0 Å². The summed E-state index contributed by atoms with van der Waals surface area (Å²) in [6, 6.07) is -0.554. The molecule has 0 aromatic carbocycles. The monoisotopic (exact) mass is 174 g/mol. The van der Waals surface area contributed by atoms with Gasteiger partial charge in [-0.1, -0.05) is 0 Å². The molecule has 1 saturated heterocycles. The van der Waals surface area contributed by atoms with Crippen LogP contribution in [-0.2, 0) is 4.74 Å². The van der Waals surface area contributed by atoms with Crippen molar-refractivity contribution in [3.63, 3.8) is 0 Å². The number of hydrogen-bond donors (Lipinski definition) is 4. The first-order valence-electron chi connectivity index (χ1n) is 3.83. The molecular weight excluding hydrogens is 161 g/mol. The third kappa shape index (κ3) is 1.78. The standard InChI is InChI=1S/C6H13BNO4/c1-8-7-6-5(11)4(10)3(2-9)12-6/h3-6,8-11H,2H2,1H3/t3-,4+,5?,6-/m1/s1. The predicted molar refractivity (Wildman–Crippen MR) is 42.6 cm³/mol. The molecule has 1 aliphatic heterocycles. The van der Waals surface area contributed by atoms with Gasteiger partial charge in [-0.15, -0.1) is 0 Å². The van der Waals surface area contributed by atoms with E-state index < -0.39 is 24.3 Å². The van der Waals surface area contributed by atoms with E-state index in [1.54, 1.807) is 7.05 Å². The van der Waals surface area contributed by atoms with Crippen molar-refractivity contribution in [2.24, 2.45) is 0 Å². The maximum Gasteiger partial charge on any atom is 0.244 e. The molecule has 4 N–H and O–H groups in total. The van der Waals surface area contributed by atoms with E-state index in [2.05, 4.69) is 5.23 Å². The fourth-order valence-corrected chi connectivity index (χ4v) is 1.23. The Morgan fingerprint density at radius 1 is 1.42 bits per heavy atom. The molecule has 1 heterocycles. The Morgan fingerprint density at radius 2 is 2.08 bits per heavy atom. The molecule has 1 fully saturated rings. The molecule has 1 aliphatic rings. The van der Waals surface area contributed by atoms with Gasteiger partial charge in [0.15, 0.2) is 0 Å². The first-order chi connectivity index (χ1) is 5.70. The Balaban J connectivity index is 2.48. The highest BCUT2D eigenvalue weighted by atomic mass is 16.5. The summed E-state index contributed by atoms with van der Waals surface area (Å²) in [6.07, 6.45) is -2.66. The van der Waals surface area contributed by atoms with Crippen LogP contribution >= 0.6 is 0 Å². The smallest absolute Gasteiger partial charge is 0.244 e. The Kier molecular flexibility index (Phi) is 3.48. The lowest BCUT2D eigenvalue weighted by Gasteiger charge is -2.11. The lowest BCUT2D eigenvalue weighted by atomic mass is 9.81. The van der Waals surface area contributed by atoms with E-state index in [1.807, 2.05) is 0 Å². The highest BCUT2D eigenvalue weighted by Gasteiger charge is 2.41. The second kappa shape index (κ2) is 4.20. The molecular formula is C6H13BNO4.